The molecular formula is C15H12N4O5. The highest BCUT2D eigenvalue weighted by atomic mass is 16.6. The standard InChI is InChI=1S/C15H12N4O5/c1-10-2-5-12(8-14(10)19(23)24)15(20)17-16-9-11-3-6-13(7-4-11)18(21)22/h2-9H,1H3,(H,17,20)/b16-9-. The highest BCUT2D eigenvalue weighted by Crippen LogP contribution is 2.19. The number of hydrazone groups is 1. The van der Waals surface area contributed by atoms with E-state index in [1.165, 1.54) is 48.7 Å². The van der Waals surface area contributed by atoms with Crippen LogP contribution in [0.25, 0.3) is 0 Å². The summed E-state index contributed by atoms with van der Waals surface area (Å²) in [5.41, 5.74) is 3.15. The Morgan fingerprint density at radius 1 is 1.08 bits per heavy atom. The molecule has 0 aliphatic rings. The van der Waals surface area contributed by atoms with E-state index < -0.39 is 15.8 Å². The number of hydrogen-bond acceptors (Lipinski definition) is 6. The number of amides is 1. The second kappa shape index (κ2) is 7.09. The molecule has 0 fully saturated rings. The first kappa shape index (κ1) is 16.7. The van der Waals surface area contributed by atoms with E-state index in [1.54, 1.807) is 6.92 Å². The van der Waals surface area contributed by atoms with Gasteiger partial charge in [-0.3, -0.25) is 25.0 Å². The van der Waals surface area contributed by atoms with Crippen LogP contribution in [-0.2, 0) is 0 Å². The first-order valence-electron chi connectivity index (χ1n) is 6.71. The van der Waals surface area contributed by atoms with Gasteiger partial charge in [-0.2, -0.15) is 5.10 Å². The number of carbonyl (C=O) groups is 1. The zero-order chi connectivity index (χ0) is 17.7. The topological polar surface area (TPSA) is 128 Å². The van der Waals surface area contributed by atoms with E-state index in [2.05, 4.69) is 10.5 Å². The molecule has 0 saturated carbocycles. The molecule has 9 nitrogen and oxygen atoms in total. The van der Waals surface area contributed by atoms with Gasteiger partial charge in [0.05, 0.1) is 16.1 Å². The normalized spacial score (nSPS) is 10.5. The van der Waals surface area contributed by atoms with Gasteiger partial charge in [-0.05, 0) is 30.7 Å². The molecule has 0 spiro atoms. The molecule has 0 unspecified atom stereocenters. The first-order valence-corrected chi connectivity index (χ1v) is 6.71. The molecule has 0 aliphatic carbocycles. The number of non-ortho nitro benzene ring substituents is 1. The second-order valence-electron chi connectivity index (χ2n) is 4.81. The Bertz CT molecular complexity index is 830. The lowest BCUT2D eigenvalue weighted by atomic mass is 10.1. The molecule has 0 aliphatic heterocycles. The van der Waals surface area contributed by atoms with Gasteiger partial charge in [0.25, 0.3) is 17.3 Å². The van der Waals surface area contributed by atoms with Gasteiger partial charge in [0.1, 0.15) is 0 Å². The molecule has 0 radical (unpaired) electrons. The fourth-order valence-electron chi connectivity index (χ4n) is 1.86. The van der Waals surface area contributed by atoms with E-state index in [0.29, 0.717) is 11.1 Å². The lowest BCUT2D eigenvalue weighted by molar-refractivity contribution is -0.385. The number of carbonyl (C=O) groups excluding carboxylic acids is 1. The molecule has 2 rings (SSSR count). The van der Waals surface area contributed by atoms with Gasteiger partial charge in [0.15, 0.2) is 0 Å². The predicted molar refractivity (Wildman–Crippen MR) is 86.0 cm³/mol. The highest BCUT2D eigenvalue weighted by molar-refractivity contribution is 5.95. The maximum atomic E-state index is 11.9. The van der Waals surface area contributed by atoms with Crippen molar-refractivity contribution in [3.63, 3.8) is 0 Å². The number of hydrogen-bond donors (Lipinski definition) is 1. The molecule has 24 heavy (non-hydrogen) atoms. The minimum absolute atomic E-state index is 0.0526. The summed E-state index contributed by atoms with van der Waals surface area (Å²) in [7, 11) is 0. The average molecular weight is 328 g/mol. The van der Waals surface area contributed by atoms with Crippen LogP contribution in [0.5, 0.6) is 0 Å². The lowest BCUT2D eigenvalue weighted by Gasteiger charge is -2.02. The van der Waals surface area contributed by atoms with Gasteiger partial charge in [0.2, 0.25) is 0 Å². The summed E-state index contributed by atoms with van der Waals surface area (Å²) in [5.74, 6) is -0.601. The maximum Gasteiger partial charge on any atom is 0.273 e. The summed E-state index contributed by atoms with van der Waals surface area (Å²) in [4.78, 5) is 32.2. The number of aryl methyl sites for hydroxylation is 1. The molecule has 0 saturated heterocycles. The van der Waals surface area contributed by atoms with Crippen LogP contribution in [0.1, 0.15) is 21.5 Å². The van der Waals surface area contributed by atoms with Crippen molar-refractivity contribution in [2.45, 2.75) is 6.92 Å². The lowest BCUT2D eigenvalue weighted by Crippen LogP contribution is -2.17. The number of nitrogens with one attached hydrogen (secondary N) is 1. The number of rotatable bonds is 5. The minimum Gasteiger partial charge on any atom is -0.267 e. The maximum absolute atomic E-state index is 11.9. The van der Waals surface area contributed by atoms with Gasteiger partial charge >= 0.3 is 0 Å². The highest BCUT2D eigenvalue weighted by Gasteiger charge is 2.14. The van der Waals surface area contributed by atoms with Gasteiger partial charge in [-0.15, -0.1) is 0 Å². The van der Waals surface area contributed by atoms with Crippen molar-refractivity contribution < 1.29 is 14.6 Å². The van der Waals surface area contributed by atoms with E-state index in [-0.39, 0.29) is 16.9 Å². The number of nitrogens with zero attached hydrogens (tertiary/aromatic N) is 3. The predicted octanol–water partition coefficient (Wildman–Crippen LogP) is 2.58. The van der Waals surface area contributed by atoms with Crippen LogP contribution in [0, 0.1) is 27.2 Å². The van der Waals surface area contributed by atoms with Crippen LogP contribution in [0.15, 0.2) is 47.6 Å². The minimum atomic E-state index is -0.601. The fraction of sp³-hybridized carbons (Fsp3) is 0.0667. The summed E-state index contributed by atoms with van der Waals surface area (Å²) in [6.45, 7) is 1.58. The number of benzene rings is 2. The Kier molecular flexibility index (Phi) is 4.95. The first-order chi connectivity index (χ1) is 11.4. The monoisotopic (exact) mass is 328 g/mol. The Labute approximate surface area is 135 Å². The van der Waals surface area contributed by atoms with Crippen molar-refractivity contribution in [3.05, 3.63) is 79.4 Å². The molecule has 9 heteroatoms. The van der Waals surface area contributed by atoms with Crippen molar-refractivity contribution in [1.29, 1.82) is 0 Å². The average Bonchev–Trinajstić information content (AvgIpc) is 2.55. The molecule has 1 N–H and O–H groups in total. The largest absolute Gasteiger partial charge is 0.273 e. The van der Waals surface area contributed by atoms with Crippen LogP contribution < -0.4 is 5.43 Å². The molecule has 0 bridgehead atoms. The van der Waals surface area contributed by atoms with E-state index in [4.69, 9.17) is 0 Å². The molecule has 0 aromatic heterocycles. The van der Waals surface area contributed by atoms with Crippen LogP contribution in [0.2, 0.25) is 0 Å². The van der Waals surface area contributed by atoms with Gasteiger partial charge in [0, 0.05) is 29.3 Å². The Morgan fingerprint density at radius 2 is 1.75 bits per heavy atom. The summed E-state index contributed by atoms with van der Waals surface area (Å²) in [6, 6.07) is 9.69. The third kappa shape index (κ3) is 3.97. The molecule has 2 aromatic carbocycles. The molecule has 1 amide bonds. The van der Waals surface area contributed by atoms with Crippen LogP contribution in [-0.4, -0.2) is 22.0 Å². The van der Waals surface area contributed by atoms with Crippen LogP contribution >= 0.6 is 0 Å². The Balaban J connectivity index is 2.06. The van der Waals surface area contributed by atoms with Crippen LogP contribution in [0.3, 0.4) is 0 Å². The molecule has 0 heterocycles. The second-order valence-corrected chi connectivity index (χ2v) is 4.81. The zero-order valence-corrected chi connectivity index (χ0v) is 12.5. The van der Waals surface area contributed by atoms with E-state index in [0.717, 1.165) is 0 Å². The van der Waals surface area contributed by atoms with Crippen molar-refractivity contribution >= 4 is 23.5 Å². The SMILES string of the molecule is Cc1ccc(C(=O)N/N=C\c2ccc([N+](=O)[O-])cc2)cc1[N+](=O)[O-]. The smallest absolute Gasteiger partial charge is 0.267 e. The van der Waals surface area contributed by atoms with E-state index in [1.807, 2.05) is 0 Å². The Hall–Kier alpha value is -3.62. The van der Waals surface area contributed by atoms with Crippen molar-refractivity contribution in [2.24, 2.45) is 5.10 Å². The summed E-state index contributed by atoms with van der Waals surface area (Å²) in [5, 5.41) is 25.1. The summed E-state index contributed by atoms with van der Waals surface area (Å²) in [6.07, 6.45) is 1.31. The zero-order valence-electron chi connectivity index (χ0n) is 12.5. The van der Waals surface area contributed by atoms with Crippen molar-refractivity contribution in [3.8, 4) is 0 Å². The summed E-state index contributed by atoms with van der Waals surface area (Å²) < 4.78 is 0. The number of nitro groups is 2. The third-order valence-corrected chi connectivity index (χ3v) is 3.15. The van der Waals surface area contributed by atoms with Crippen LogP contribution in [0.4, 0.5) is 11.4 Å². The van der Waals surface area contributed by atoms with Crippen molar-refractivity contribution in [2.75, 3.05) is 0 Å². The molecular weight excluding hydrogens is 316 g/mol. The quantitative estimate of drug-likeness (QED) is 0.512. The molecule has 0 atom stereocenters. The molecule has 122 valence electrons. The van der Waals surface area contributed by atoms with Gasteiger partial charge in [-0.25, -0.2) is 5.43 Å². The van der Waals surface area contributed by atoms with Crippen molar-refractivity contribution in [1.82, 2.24) is 5.43 Å². The fourth-order valence-corrected chi connectivity index (χ4v) is 1.86. The molecule has 2 aromatic rings. The number of nitro benzene ring substituents is 2. The van der Waals surface area contributed by atoms with Gasteiger partial charge < -0.3 is 0 Å². The van der Waals surface area contributed by atoms with E-state index in [9.17, 15) is 25.0 Å². The summed E-state index contributed by atoms with van der Waals surface area (Å²) >= 11 is 0. The van der Waals surface area contributed by atoms with Gasteiger partial charge in [-0.1, -0.05) is 6.07 Å². The van der Waals surface area contributed by atoms with E-state index >= 15 is 0 Å². The third-order valence-electron chi connectivity index (χ3n) is 3.15. The Morgan fingerprint density at radius 3 is 2.33 bits per heavy atom.